The smallest absolute Gasteiger partial charge is 0.318 e. The second-order valence-corrected chi connectivity index (χ2v) is 6.81. The van der Waals surface area contributed by atoms with Gasteiger partial charge in [0.25, 0.3) is 0 Å². The van der Waals surface area contributed by atoms with Crippen molar-refractivity contribution in [3.05, 3.63) is 65.7 Å². The normalized spacial score (nSPS) is 23.5. The fraction of sp³-hybridized carbons (Fsp3) is 0.273. The van der Waals surface area contributed by atoms with E-state index in [4.69, 9.17) is 9.47 Å². The van der Waals surface area contributed by atoms with Crippen LogP contribution in [0.5, 0.6) is 11.5 Å². The van der Waals surface area contributed by atoms with Crippen molar-refractivity contribution in [1.82, 2.24) is 0 Å². The van der Waals surface area contributed by atoms with Gasteiger partial charge in [0.1, 0.15) is 11.5 Å². The van der Waals surface area contributed by atoms with Crippen molar-refractivity contribution in [1.29, 1.82) is 0 Å². The van der Waals surface area contributed by atoms with Crippen LogP contribution < -0.4 is 4.74 Å². The lowest BCUT2D eigenvalue weighted by atomic mass is 9.70. The summed E-state index contributed by atoms with van der Waals surface area (Å²) in [5.74, 6) is -1.47. The SMILES string of the molecule is CCOC(=O)[C@H]1C[C@H]2C(=O)Oc3cc(O)ccc3C2=C[C@H]1c1ccccc1. The third-order valence-corrected chi connectivity index (χ3v) is 5.20. The van der Waals surface area contributed by atoms with E-state index in [1.165, 1.54) is 6.07 Å². The van der Waals surface area contributed by atoms with E-state index in [1.807, 2.05) is 36.4 Å². The maximum atomic E-state index is 12.6. The number of carbonyl (C=O) groups excluding carboxylic acids is 2. The number of rotatable bonds is 3. The van der Waals surface area contributed by atoms with E-state index in [1.54, 1.807) is 19.1 Å². The van der Waals surface area contributed by atoms with Gasteiger partial charge >= 0.3 is 11.9 Å². The summed E-state index contributed by atoms with van der Waals surface area (Å²) in [5, 5.41) is 9.70. The minimum Gasteiger partial charge on any atom is -0.508 e. The predicted molar refractivity (Wildman–Crippen MR) is 99.1 cm³/mol. The third-order valence-electron chi connectivity index (χ3n) is 5.20. The highest BCUT2D eigenvalue weighted by Crippen LogP contribution is 2.48. The Bertz CT molecular complexity index is 916. The summed E-state index contributed by atoms with van der Waals surface area (Å²) in [7, 11) is 0. The first-order chi connectivity index (χ1) is 13.1. The summed E-state index contributed by atoms with van der Waals surface area (Å²) in [6, 6.07) is 14.5. The van der Waals surface area contributed by atoms with Gasteiger partial charge in [0.05, 0.1) is 18.4 Å². The summed E-state index contributed by atoms with van der Waals surface area (Å²) < 4.78 is 10.7. The van der Waals surface area contributed by atoms with E-state index in [2.05, 4.69) is 0 Å². The third kappa shape index (κ3) is 3.10. The Kier molecular flexibility index (Phi) is 4.44. The Hall–Kier alpha value is -3.08. The molecule has 138 valence electrons. The molecule has 0 saturated heterocycles. The molecule has 0 saturated carbocycles. The Morgan fingerprint density at radius 1 is 1.22 bits per heavy atom. The van der Waals surface area contributed by atoms with Crippen LogP contribution in [0, 0.1) is 11.8 Å². The number of hydrogen-bond donors (Lipinski definition) is 1. The number of phenols is 1. The van der Waals surface area contributed by atoms with Crippen LogP contribution in [0.3, 0.4) is 0 Å². The molecule has 1 aliphatic heterocycles. The van der Waals surface area contributed by atoms with Crippen LogP contribution in [-0.2, 0) is 14.3 Å². The van der Waals surface area contributed by atoms with E-state index >= 15 is 0 Å². The summed E-state index contributed by atoms with van der Waals surface area (Å²) in [6.07, 6.45) is 2.32. The number of phenolic OH excluding ortho intramolecular Hbond substituents is 1. The molecule has 0 fully saturated rings. The van der Waals surface area contributed by atoms with E-state index < -0.39 is 17.8 Å². The lowest BCUT2D eigenvalue weighted by Gasteiger charge is -2.36. The zero-order valence-corrected chi connectivity index (χ0v) is 14.9. The van der Waals surface area contributed by atoms with E-state index in [0.29, 0.717) is 18.8 Å². The second kappa shape index (κ2) is 6.91. The number of carbonyl (C=O) groups is 2. The van der Waals surface area contributed by atoms with Gasteiger partial charge in [-0.15, -0.1) is 0 Å². The Balaban J connectivity index is 1.84. The first-order valence-electron chi connectivity index (χ1n) is 9.07. The number of aromatic hydroxyl groups is 1. The first kappa shape index (κ1) is 17.3. The minimum atomic E-state index is -0.517. The number of benzene rings is 2. The predicted octanol–water partition coefficient (Wildman–Crippen LogP) is 3.68. The second-order valence-electron chi connectivity index (χ2n) is 6.81. The molecule has 5 nitrogen and oxygen atoms in total. The van der Waals surface area contributed by atoms with Crippen LogP contribution >= 0.6 is 0 Å². The van der Waals surface area contributed by atoms with Gasteiger partial charge in [-0.25, -0.2) is 0 Å². The number of allylic oxidation sites excluding steroid dienone is 1. The summed E-state index contributed by atoms with van der Waals surface area (Å²) >= 11 is 0. The van der Waals surface area contributed by atoms with Gasteiger partial charge in [-0.3, -0.25) is 9.59 Å². The molecule has 1 aliphatic carbocycles. The zero-order chi connectivity index (χ0) is 19.0. The Morgan fingerprint density at radius 2 is 2.00 bits per heavy atom. The fourth-order valence-electron chi connectivity index (χ4n) is 3.96. The topological polar surface area (TPSA) is 72.8 Å². The lowest BCUT2D eigenvalue weighted by molar-refractivity contribution is -0.150. The van der Waals surface area contributed by atoms with E-state index in [-0.39, 0.29) is 17.6 Å². The van der Waals surface area contributed by atoms with Gasteiger partial charge < -0.3 is 14.6 Å². The molecule has 2 aliphatic rings. The van der Waals surface area contributed by atoms with Crippen molar-refractivity contribution in [2.45, 2.75) is 19.3 Å². The Morgan fingerprint density at radius 3 is 2.74 bits per heavy atom. The van der Waals surface area contributed by atoms with Gasteiger partial charge in [-0.05, 0) is 36.6 Å². The molecule has 2 aromatic carbocycles. The molecule has 0 bridgehead atoms. The van der Waals surface area contributed by atoms with Crippen molar-refractivity contribution >= 4 is 17.5 Å². The van der Waals surface area contributed by atoms with Gasteiger partial charge in [0.15, 0.2) is 0 Å². The molecule has 0 unspecified atom stereocenters. The van der Waals surface area contributed by atoms with Gasteiger partial charge in [-0.1, -0.05) is 36.4 Å². The van der Waals surface area contributed by atoms with E-state index in [0.717, 1.165) is 16.7 Å². The van der Waals surface area contributed by atoms with Crippen LogP contribution in [0.25, 0.3) is 5.57 Å². The molecule has 1 N–H and O–H groups in total. The van der Waals surface area contributed by atoms with Crippen LogP contribution in [0.2, 0.25) is 0 Å². The minimum absolute atomic E-state index is 0.0421. The van der Waals surface area contributed by atoms with Gasteiger partial charge in [0.2, 0.25) is 0 Å². The van der Waals surface area contributed by atoms with Crippen molar-refractivity contribution in [3.8, 4) is 11.5 Å². The number of fused-ring (bicyclic) bond motifs is 3. The standard InChI is InChI=1S/C22H20O5/c1-2-26-21(24)18-12-19-17(11-16(18)13-6-4-3-5-7-13)15-9-8-14(23)10-20(15)27-22(19)25/h3-11,16,18-19,23H,2,12H2,1H3/t16-,18-,19+/m0/s1. The van der Waals surface area contributed by atoms with Crippen molar-refractivity contribution in [3.63, 3.8) is 0 Å². The molecule has 2 aromatic rings. The monoisotopic (exact) mass is 364 g/mol. The largest absolute Gasteiger partial charge is 0.508 e. The number of esters is 2. The molecule has 5 heteroatoms. The molecule has 0 aromatic heterocycles. The lowest BCUT2D eigenvalue weighted by Crippen LogP contribution is -2.36. The summed E-state index contributed by atoms with van der Waals surface area (Å²) in [4.78, 5) is 25.2. The first-order valence-corrected chi connectivity index (χ1v) is 9.07. The van der Waals surface area contributed by atoms with Gasteiger partial charge in [-0.2, -0.15) is 0 Å². The molecule has 1 heterocycles. The van der Waals surface area contributed by atoms with Crippen LogP contribution in [0.4, 0.5) is 0 Å². The average Bonchev–Trinajstić information content (AvgIpc) is 2.68. The van der Waals surface area contributed by atoms with Crippen LogP contribution in [-0.4, -0.2) is 23.7 Å². The maximum absolute atomic E-state index is 12.6. The number of hydrogen-bond acceptors (Lipinski definition) is 5. The molecular formula is C22H20O5. The highest BCUT2D eigenvalue weighted by atomic mass is 16.5. The average molecular weight is 364 g/mol. The molecule has 4 rings (SSSR count). The maximum Gasteiger partial charge on any atom is 0.318 e. The van der Waals surface area contributed by atoms with Crippen molar-refractivity contribution in [2.24, 2.45) is 11.8 Å². The quantitative estimate of drug-likeness (QED) is 0.664. The van der Waals surface area contributed by atoms with Crippen molar-refractivity contribution < 1.29 is 24.2 Å². The molecular weight excluding hydrogens is 344 g/mol. The summed E-state index contributed by atoms with van der Waals surface area (Å²) in [5.41, 5.74) is 2.62. The zero-order valence-electron chi connectivity index (χ0n) is 14.9. The van der Waals surface area contributed by atoms with Crippen LogP contribution in [0.1, 0.15) is 30.4 Å². The van der Waals surface area contributed by atoms with Crippen LogP contribution in [0.15, 0.2) is 54.6 Å². The highest BCUT2D eigenvalue weighted by Gasteiger charge is 2.44. The number of ether oxygens (including phenoxy) is 2. The fourth-order valence-corrected chi connectivity index (χ4v) is 3.96. The van der Waals surface area contributed by atoms with Crippen molar-refractivity contribution in [2.75, 3.05) is 6.61 Å². The Labute approximate surface area is 157 Å². The highest BCUT2D eigenvalue weighted by molar-refractivity contribution is 5.97. The molecule has 3 atom stereocenters. The molecule has 0 amide bonds. The van der Waals surface area contributed by atoms with Gasteiger partial charge in [0, 0.05) is 17.5 Å². The summed E-state index contributed by atoms with van der Waals surface area (Å²) in [6.45, 7) is 2.07. The molecule has 0 radical (unpaired) electrons. The molecule has 0 spiro atoms. The molecule has 27 heavy (non-hydrogen) atoms. The van der Waals surface area contributed by atoms with E-state index in [9.17, 15) is 14.7 Å².